The topological polar surface area (TPSA) is 174 Å². The van der Waals surface area contributed by atoms with Crippen LogP contribution in [0.5, 0.6) is 0 Å². The van der Waals surface area contributed by atoms with Crippen LogP contribution in [0.15, 0.2) is 146 Å². The maximum Gasteiger partial charge on any atom is 0.411 e. The molecule has 0 aromatic heterocycles. The molecule has 2 heterocycles. The number of aliphatic hydroxyl groups excluding tert-OH is 2. The predicted molar refractivity (Wildman–Crippen MR) is 281 cm³/mol. The molecular formula is C57H60F4N4O10S2. The van der Waals surface area contributed by atoms with Gasteiger partial charge >= 0.3 is 12.2 Å². The summed E-state index contributed by atoms with van der Waals surface area (Å²) in [6, 6.07) is 36.1. The lowest BCUT2D eigenvalue weighted by Crippen LogP contribution is -2.52. The zero-order valence-corrected chi connectivity index (χ0v) is 44.4. The number of hydrogen-bond donors (Lipinski definition) is 2. The van der Waals surface area contributed by atoms with E-state index in [1.807, 2.05) is 55.5 Å². The molecule has 408 valence electrons. The highest BCUT2D eigenvalue weighted by Crippen LogP contribution is 2.43. The maximum absolute atomic E-state index is 14.3. The number of halogens is 4. The van der Waals surface area contributed by atoms with Gasteiger partial charge in [-0.1, -0.05) is 97.1 Å². The number of ether oxygens (including phenoxy) is 2. The van der Waals surface area contributed by atoms with Crippen LogP contribution in [0.25, 0.3) is 22.3 Å². The van der Waals surface area contributed by atoms with Crippen molar-refractivity contribution >= 4 is 32.2 Å². The minimum absolute atomic E-state index is 0.0663. The number of likely N-dealkylation sites (N-methyl/N-ethyl adjacent to an activating group) is 1. The number of nitrogens with zero attached hydrogens (tertiary/aromatic N) is 4. The molecule has 0 aliphatic carbocycles. The number of rotatable bonds is 20. The standard InChI is InChI=1S/C57H60F4N4O10S2/c1-38(40-5-9-42(10-6-40)44-13-21-48(58)22-14-44)64-31-29-56(74-54(64)68,46-17-25-50(60)26-18-46)33-52(66)35-62(3)77(72,73)37-63(76(4,70)71)36-53(67)34-57(47-19-27-51(61)28-20-47)30-32-65(55(69)75-57)39(2)41-7-11-43(12-8-41)45-15-23-49(59)24-16-45/h5-28,38-39,52-53,66-67H,29-37H2,1-4H3. The second-order valence-electron chi connectivity index (χ2n) is 19.9. The average Bonchev–Trinajstić information content (AvgIpc) is 3.39. The van der Waals surface area contributed by atoms with Crippen LogP contribution in [0.2, 0.25) is 0 Å². The van der Waals surface area contributed by atoms with Gasteiger partial charge in [-0.05, 0) is 107 Å². The molecule has 0 saturated carbocycles. The van der Waals surface area contributed by atoms with Crippen molar-refractivity contribution < 1.29 is 63.7 Å². The van der Waals surface area contributed by atoms with Crippen molar-refractivity contribution in [3.8, 4) is 22.3 Å². The van der Waals surface area contributed by atoms with Crippen LogP contribution < -0.4 is 0 Å². The van der Waals surface area contributed by atoms with Crippen molar-refractivity contribution in [2.24, 2.45) is 0 Å². The Morgan fingerprint density at radius 1 is 0.532 bits per heavy atom. The molecule has 8 rings (SSSR count). The highest BCUT2D eigenvalue weighted by atomic mass is 32.2. The van der Waals surface area contributed by atoms with Crippen molar-refractivity contribution in [1.82, 2.24) is 18.4 Å². The molecule has 77 heavy (non-hydrogen) atoms. The summed E-state index contributed by atoms with van der Waals surface area (Å²) in [6.45, 7) is 2.47. The van der Waals surface area contributed by atoms with Gasteiger partial charge in [-0.15, -0.1) is 0 Å². The van der Waals surface area contributed by atoms with E-state index in [4.69, 9.17) is 9.47 Å². The van der Waals surface area contributed by atoms with Gasteiger partial charge in [0.05, 0.1) is 30.5 Å². The van der Waals surface area contributed by atoms with Crippen LogP contribution in [0, 0.1) is 23.3 Å². The van der Waals surface area contributed by atoms with Crippen LogP contribution in [0.1, 0.15) is 73.9 Å². The minimum atomic E-state index is -4.60. The normalized spacial score (nSPS) is 19.9. The Kier molecular flexibility index (Phi) is 17.0. The average molecular weight is 1100 g/mol. The summed E-state index contributed by atoms with van der Waals surface area (Å²) in [5.74, 6) is -3.04. The van der Waals surface area contributed by atoms with Crippen LogP contribution in [0.3, 0.4) is 0 Å². The number of benzene rings is 6. The smallest absolute Gasteiger partial charge is 0.411 e. The van der Waals surface area contributed by atoms with E-state index in [1.165, 1.54) is 70.5 Å². The van der Waals surface area contributed by atoms with Gasteiger partial charge in [-0.25, -0.2) is 48.3 Å². The Bertz CT molecular complexity index is 3250. The second kappa shape index (κ2) is 23.1. The molecule has 2 aliphatic rings. The molecule has 20 heteroatoms. The Morgan fingerprint density at radius 3 is 1.17 bits per heavy atom. The Morgan fingerprint density at radius 2 is 0.844 bits per heavy atom. The number of cyclic esters (lactones) is 2. The summed E-state index contributed by atoms with van der Waals surface area (Å²) in [4.78, 5) is 30.9. The number of carbonyl (C=O) groups is 2. The predicted octanol–water partition coefficient (Wildman–Crippen LogP) is 9.86. The Labute approximate surface area is 446 Å². The number of carbonyl (C=O) groups excluding carboxylic acids is 2. The van der Waals surface area contributed by atoms with Gasteiger partial charge in [-0.2, -0.15) is 4.31 Å². The first kappa shape index (κ1) is 56.5. The van der Waals surface area contributed by atoms with Gasteiger partial charge in [0.2, 0.25) is 20.0 Å². The van der Waals surface area contributed by atoms with Crippen LogP contribution in [-0.2, 0) is 40.7 Å². The molecule has 2 aliphatic heterocycles. The fourth-order valence-electron chi connectivity index (χ4n) is 10.1. The molecular weight excluding hydrogens is 1040 g/mol. The number of hydrogen-bond acceptors (Lipinski definition) is 10. The molecule has 6 aromatic rings. The van der Waals surface area contributed by atoms with E-state index in [0.29, 0.717) is 15.4 Å². The lowest BCUT2D eigenvalue weighted by atomic mass is 9.83. The fourth-order valence-corrected chi connectivity index (χ4v) is 12.8. The lowest BCUT2D eigenvalue weighted by Gasteiger charge is -2.44. The maximum atomic E-state index is 14.3. The van der Waals surface area contributed by atoms with E-state index in [2.05, 4.69) is 0 Å². The molecule has 2 saturated heterocycles. The highest BCUT2D eigenvalue weighted by Gasteiger charge is 2.47. The minimum Gasteiger partial charge on any atom is -0.438 e. The van der Waals surface area contributed by atoms with E-state index < -0.39 is 105 Å². The molecule has 2 amide bonds. The molecule has 6 atom stereocenters. The first-order valence-corrected chi connectivity index (χ1v) is 28.4. The second-order valence-corrected chi connectivity index (χ2v) is 23.9. The van der Waals surface area contributed by atoms with Crippen LogP contribution in [-0.4, -0.2) is 115 Å². The zero-order chi connectivity index (χ0) is 55.5. The first-order chi connectivity index (χ1) is 36.4. The third kappa shape index (κ3) is 13.2. The van der Waals surface area contributed by atoms with Crippen molar-refractivity contribution in [2.75, 3.05) is 45.4 Å². The monoisotopic (exact) mass is 1100 g/mol. The molecule has 2 N–H and O–H groups in total. The largest absolute Gasteiger partial charge is 0.438 e. The number of amides is 2. The quantitative estimate of drug-likeness (QED) is 0.0701. The van der Waals surface area contributed by atoms with Crippen molar-refractivity contribution in [3.63, 3.8) is 0 Å². The zero-order valence-electron chi connectivity index (χ0n) is 42.8. The molecule has 0 spiro atoms. The third-order valence-corrected chi connectivity index (χ3v) is 17.7. The summed E-state index contributed by atoms with van der Waals surface area (Å²) in [5.41, 5.74) is 2.31. The van der Waals surface area contributed by atoms with Gasteiger partial charge in [0.1, 0.15) is 40.3 Å². The van der Waals surface area contributed by atoms with Crippen molar-refractivity contribution in [3.05, 3.63) is 191 Å². The summed E-state index contributed by atoms with van der Waals surface area (Å²) in [6.07, 6.45) is -4.49. The van der Waals surface area contributed by atoms with Crippen molar-refractivity contribution in [2.45, 2.75) is 75.0 Å². The summed E-state index contributed by atoms with van der Waals surface area (Å²) < 4.78 is 124. The molecule has 2 fully saturated rings. The van der Waals surface area contributed by atoms with E-state index in [-0.39, 0.29) is 44.0 Å². The van der Waals surface area contributed by atoms with E-state index in [9.17, 15) is 54.2 Å². The summed E-state index contributed by atoms with van der Waals surface area (Å²) >= 11 is 0. The fraction of sp³-hybridized carbons (Fsp3) is 0.333. The summed E-state index contributed by atoms with van der Waals surface area (Å²) in [7, 11) is -7.84. The highest BCUT2D eigenvalue weighted by molar-refractivity contribution is 7.92. The Balaban J connectivity index is 0.927. The van der Waals surface area contributed by atoms with Gasteiger partial charge in [0.15, 0.2) is 0 Å². The van der Waals surface area contributed by atoms with Crippen LogP contribution >= 0.6 is 0 Å². The molecule has 6 unspecified atom stereocenters. The Hall–Kier alpha value is -6.68. The lowest BCUT2D eigenvalue weighted by molar-refractivity contribution is -0.0857. The van der Waals surface area contributed by atoms with E-state index in [1.54, 1.807) is 31.2 Å². The third-order valence-electron chi connectivity index (χ3n) is 14.6. The number of aliphatic hydroxyl groups is 2. The molecule has 14 nitrogen and oxygen atoms in total. The molecule has 0 bridgehead atoms. The van der Waals surface area contributed by atoms with E-state index in [0.717, 1.165) is 63.1 Å². The SMILES string of the molecule is CC(c1ccc(-c2ccc(F)cc2)cc1)N1CCC(CC(O)CN(CS(=O)(=O)N(C)CC(O)CC2(c3ccc(F)cc3)CCN(C(C)c3ccc(-c4ccc(F)cc4)cc3)C(=O)O2)S(C)(=O)=O)(c2ccc(F)cc2)OC1=O. The van der Waals surface area contributed by atoms with E-state index >= 15 is 0 Å². The van der Waals surface area contributed by atoms with Gasteiger partial charge in [0, 0.05) is 58.9 Å². The van der Waals surface area contributed by atoms with Crippen molar-refractivity contribution in [1.29, 1.82) is 0 Å². The first-order valence-electron chi connectivity index (χ1n) is 24.9. The molecule has 6 aromatic carbocycles. The summed E-state index contributed by atoms with van der Waals surface area (Å²) in [5, 5.41) is 23.3. The van der Waals surface area contributed by atoms with Crippen LogP contribution in [0.4, 0.5) is 27.2 Å². The molecule has 0 radical (unpaired) electrons. The van der Waals surface area contributed by atoms with Gasteiger partial charge in [-0.3, -0.25) is 0 Å². The van der Waals surface area contributed by atoms with Gasteiger partial charge in [0.25, 0.3) is 0 Å². The number of sulfonamides is 2. The van der Waals surface area contributed by atoms with Gasteiger partial charge < -0.3 is 29.5 Å².